The van der Waals surface area contributed by atoms with Crippen molar-refractivity contribution in [2.45, 2.75) is 18.9 Å². The first-order chi connectivity index (χ1) is 11.7. The third kappa shape index (κ3) is 3.25. The zero-order valence-electron chi connectivity index (χ0n) is 13.4. The number of β-amino-alcohol motifs (C(OH)–C–C–N with tert-alkyl or cyclic N) is 1. The van der Waals surface area contributed by atoms with Crippen LogP contribution in [0.15, 0.2) is 18.2 Å². The number of tetrazole rings is 1. The Bertz CT molecular complexity index is 682. The molecule has 0 radical (unpaired) electrons. The highest BCUT2D eigenvalue weighted by Gasteiger charge is 2.31. The summed E-state index contributed by atoms with van der Waals surface area (Å²) >= 11 is 0. The third-order valence-electron chi connectivity index (χ3n) is 4.88. The van der Waals surface area contributed by atoms with E-state index in [1.54, 1.807) is 6.07 Å². The van der Waals surface area contributed by atoms with Gasteiger partial charge in [-0.05, 0) is 42.2 Å². The van der Waals surface area contributed by atoms with Gasteiger partial charge in [0.05, 0.1) is 11.8 Å². The molecule has 1 aliphatic carbocycles. The number of nitrogens with zero attached hydrogens (tertiary/aromatic N) is 5. The molecule has 128 valence electrons. The summed E-state index contributed by atoms with van der Waals surface area (Å²) < 4.78 is 14.5. The van der Waals surface area contributed by atoms with Crippen molar-refractivity contribution in [3.8, 4) is 11.4 Å². The Morgan fingerprint density at radius 2 is 2.04 bits per heavy atom. The molecule has 1 aromatic carbocycles. The number of hydrogen-bond donors (Lipinski definition) is 2. The number of rotatable bonds is 5. The van der Waals surface area contributed by atoms with E-state index < -0.39 is 0 Å². The van der Waals surface area contributed by atoms with Crippen molar-refractivity contribution in [1.82, 2.24) is 25.5 Å². The lowest BCUT2D eigenvalue weighted by molar-refractivity contribution is 0.0921. The maximum atomic E-state index is 14.5. The number of aliphatic hydroxyl groups excluding tert-OH is 1. The number of benzene rings is 1. The van der Waals surface area contributed by atoms with Gasteiger partial charge in [-0.1, -0.05) is 0 Å². The van der Waals surface area contributed by atoms with Gasteiger partial charge in [0, 0.05) is 38.3 Å². The second-order valence-electron chi connectivity index (χ2n) is 6.59. The van der Waals surface area contributed by atoms with E-state index in [1.165, 1.54) is 6.07 Å². The molecule has 1 saturated carbocycles. The van der Waals surface area contributed by atoms with Crippen LogP contribution in [0, 0.1) is 11.7 Å². The van der Waals surface area contributed by atoms with Crippen LogP contribution >= 0.6 is 0 Å². The van der Waals surface area contributed by atoms with Crippen molar-refractivity contribution in [3.63, 3.8) is 0 Å². The van der Waals surface area contributed by atoms with E-state index in [0.29, 0.717) is 23.0 Å². The number of H-pyrrole nitrogens is 1. The molecule has 7 nitrogen and oxygen atoms in total. The van der Waals surface area contributed by atoms with Gasteiger partial charge in [-0.25, -0.2) is 4.39 Å². The Balaban J connectivity index is 1.38. The van der Waals surface area contributed by atoms with Gasteiger partial charge in [-0.15, -0.1) is 10.2 Å². The summed E-state index contributed by atoms with van der Waals surface area (Å²) in [6.45, 7) is 3.94. The highest BCUT2D eigenvalue weighted by molar-refractivity contribution is 5.60. The van der Waals surface area contributed by atoms with Crippen LogP contribution < -0.4 is 4.90 Å². The molecule has 0 amide bonds. The van der Waals surface area contributed by atoms with E-state index in [1.807, 2.05) is 6.07 Å². The van der Waals surface area contributed by atoms with Crippen LogP contribution in [0.1, 0.15) is 12.8 Å². The monoisotopic (exact) mass is 332 g/mol. The maximum absolute atomic E-state index is 14.5. The Morgan fingerprint density at radius 3 is 2.67 bits per heavy atom. The number of aromatic amines is 1. The molecular weight excluding hydrogens is 311 g/mol. The first kappa shape index (κ1) is 15.5. The van der Waals surface area contributed by atoms with Crippen molar-refractivity contribution in [3.05, 3.63) is 24.0 Å². The predicted octanol–water partition coefficient (Wildman–Crippen LogP) is 0.899. The summed E-state index contributed by atoms with van der Waals surface area (Å²) in [6, 6.07) is 5.03. The smallest absolute Gasteiger partial charge is 0.204 e. The van der Waals surface area contributed by atoms with E-state index in [2.05, 4.69) is 30.4 Å². The first-order valence-electron chi connectivity index (χ1n) is 8.39. The van der Waals surface area contributed by atoms with E-state index in [9.17, 15) is 9.50 Å². The summed E-state index contributed by atoms with van der Waals surface area (Å²) in [4.78, 5) is 4.32. The molecule has 2 heterocycles. The number of aliphatic hydroxyl groups is 1. The van der Waals surface area contributed by atoms with Crippen molar-refractivity contribution in [1.29, 1.82) is 0 Å². The van der Waals surface area contributed by atoms with Gasteiger partial charge in [-0.3, -0.25) is 4.90 Å². The number of hydrogen-bond acceptors (Lipinski definition) is 6. The number of aromatic nitrogens is 4. The lowest BCUT2D eigenvalue weighted by Crippen LogP contribution is -2.49. The lowest BCUT2D eigenvalue weighted by Gasteiger charge is -2.37. The van der Waals surface area contributed by atoms with Crippen LogP contribution in [-0.2, 0) is 0 Å². The van der Waals surface area contributed by atoms with Crippen LogP contribution in [0.25, 0.3) is 11.4 Å². The minimum absolute atomic E-state index is 0.206. The van der Waals surface area contributed by atoms with Crippen LogP contribution in [-0.4, -0.2) is 69.5 Å². The number of nitrogens with one attached hydrogen (secondary N) is 1. The van der Waals surface area contributed by atoms with Gasteiger partial charge in [0.1, 0.15) is 5.82 Å². The van der Waals surface area contributed by atoms with Crippen molar-refractivity contribution >= 4 is 5.69 Å². The summed E-state index contributed by atoms with van der Waals surface area (Å²) in [5, 5.41) is 23.7. The number of anilines is 1. The largest absolute Gasteiger partial charge is 0.392 e. The molecule has 1 aromatic heterocycles. The van der Waals surface area contributed by atoms with Crippen LogP contribution in [0.4, 0.5) is 10.1 Å². The molecule has 0 bridgehead atoms. The van der Waals surface area contributed by atoms with E-state index in [4.69, 9.17) is 0 Å². The van der Waals surface area contributed by atoms with Crippen LogP contribution in [0.3, 0.4) is 0 Å². The van der Waals surface area contributed by atoms with E-state index >= 15 is 0 Å². The molecule has 24 heavy (non-hydrogen) atoms. The van der Waals surface area contributed by atoms with Gasteiger partial charge in [0.2, 0.25) is 5.82 Å². The molecule has 1 atom stereocenters. The van der Waals surface area contributed by atoms with Crippen LogP contribution in [0.5, 0.6) is 0 Å². The SMILES string of the molecule is OC(CN1CCN(c2ccc(-c3nn[nH]n3)cc2F)CC1)C1CC1. The van der Waals surface area contributed by atoms with Gasteiger partial charge in [0.25, 0.3) is 0 Å². The summed E-state index contributed by atoms with van der Waals surface area (Å²) in [7, 11) is 0. The predicted molar refractivity (Wildman–Crippen MR) is 87.0 cm³/mol. The lowest BCUT2D eigenvalue weighted by atomic mass is 10.1. The molecule has 2 N–H and O–H groups in total. The van der Waals surface area contributed by atoms with E-state index in [0.717, 1.165) is 45.6 Å². The molecule has 4 rings (SSSR count). The fourth-order valence-corrected chi connectivity index (χ4v) is 3.25. The summed E-state index contributed by atoms with van der Waals surface area (Å²) in [5.41, 5.74) is 1.21. The zero-order valence-corrected chi connectivity index (χ0v) is 13.4. The average Bonchev–Trinajstić information content (AvgIpc) is 3.31. The molecule has 2 aromatic rings. The number of piperazine rings is 1. The minimum atomic E-state index is -0.274. The Morgan fingerprint density at radius 1 is 1.25 bits per heavy atom. The van der Waals surface area contributed by atoms with Gasteiger partial charge < -0.3 is 10.0 Å². The Labute approximate surface area is 139 Å². The molecule has 2 aliphatic rings. The standard InChI is InChI=1S/C16H21FN6O/c17-13-9-12(16-18-20-21-19-16)3-4-14(13)23-7-5-22(6-8-23)10-15(24)11-1-2-11/h3-4,9,11,15,24H,1-2,5-8,10H2,(H,18,19,20,21). The summed E-state index contributed by atoms with van der Waals surface area (Å²) in [6.07, 6.45) is 2.10. The third-order valence-corrected chi connectivity index (χ3v) is 4.88. The van der Waals surface area contributed by atoms with Crippen molar-refractivity contribution in [2.24, 2.45) is 5.92 Å². The molecule has 1 aliphatic heterocycles. The topological polar surface area (TPSA) is 81.2 Å². The van der Waals surface area contributed by atoms with Crippen LogP contribution in [0.2, 0.25) is 0 Å². The molecule has 2 fully saturated rings. The molecular formula is C16H21FN6O. The number of halogens is 1. The van der Waals surface area contributed by atoms with Gasteiger partial charge >= 0.3 is 0 Å². The second-order valence-corrected chi connectivity index (χ2v) is 6.59. The van der Waals surface area contributed by atoms with Gasteiger partial charge in [0.15, 0.2) is 0 Å². The van der Waals surface area contributed by atoms with Crippen molar-refractivity contribution in [2.75, 3.05) is 37.6 Å². The fraction of sp³-hybridized carbons (Fsp3) is 0.562. The first-order valence-corrected chi connectivity index (χ1v) is 8.39. The van der Waals surface area contributed by atoms with Crippen molar-refractivity contribution < 1.29 is 9.50 Å². The van der Waals surface area contributed by atoms with E-state index in [-0.39, 0.29) is 11.9 Å². The summed E-state index contributed by atoms with van der Waals surface area (Å²) in [5.74, 6) is 0.612. The zero-order chi connectivity index (χ0) is 16.5. The van der Waals surface area contributed by atoms with Gasteiger partial charge in [-0.2, -0.15) is 5.21 Å². The minimum Gasteiger partial charge on any atom is -0.392 e. The normalized spacial score (nSPS) is 20.3. The second kappa shape index (κ2) is 6.45. The molecule has 0 spiro atoms. The Hall–Kier alpha value is -2.06. The molecule has 1 unspecified atom stereocenters. The molecule has 8 heteroatoms. The average molecular weight is 332 g/mol. The maximum Gasteiger partial charge on any atom is 0.204 e. The fourth-order valence-electron chi connectivity index (χ4n) is 3.25. The quantitative estimate of drug-likeness (QED) is 0.847. The molecule has 1 saturated heterocycles. The Kier molecular flexibility index (Phi) is 4.15. The highest BCUT2D eigenvalue weighted by Crippen LogP contribution is 2.33. The highest BCUT2D eigenvalue weighted by atomic mass is 19.1.